The molecule has 2 N–H and O–H groups in total. The molecule has 24 heavy (non-hydrogen) atoms. The summed E-state index contributed by atoms with van der Waals surface area (Å²) < 4.78 is 15.6. The number of nitrogens with one attached hydrogen (secondary N) is 2. The fourth-order valence-electron chi connectivity index (χ4n) is 2.39. The Balaban J connectivity index is 1.63. The van der Waals surface area contributed by atoms with Crippen molar-refractivity contribution in [1.82, 2.24) is 10.6 Å². The predicted molar refractivity (Wildman–Crippen MR) is 87.4 cm³/mol. The van der Waals surface area contributed by atoms with Crippen molar-refractivity contribution < 1.29 is 23.8 Å². The van der Waals surface area contributed by atoms with Gasteiger partial charge in [-0.05, 0) is 18.4 Å². The summed E-state index contributed by atoms with van der Waals surface area (Å²) in [6.07, 6.45) is 0.279. The van der Waals surface area contributed by atoms with Crippen molar-refractivity contribution in [3.8, 4) is 0 Å². The molecule has 132 valence electrons. The minimum atomic E-state index is -0.476. The summed E-state index contributed by atoms with van der Waals surface area (Å²) in [6.45, 7) is 1.45. The summed E-state index contributed by atoms with van der Waals surface area (Å²) in [7, 11) is 1.58. The third-order valence-corrected chi connectivity index (χ3v) is 3.71. The van der Waals surface area contributed by atoms with E-state index in [1.807, 2.05) is 30.3 Å². The third-order valence-electron chi connectivity index (χ3n) is 3.71. The van der Waals surface area contributed by atoms with Crippen LogP contribution in [0.3, 0.4) is 0 Å². The molecular weight excluding hydrogens is 312 g/mol. The van der Waals surface area contributed by atoms with Crippen LogP contribution in [0, 0.1) is 0 Å². The van der Waals surface area contributed by atoms with Crippen LogP contribution in [-0.2, 0) is 25.6 Å². The lowest BCUT2D eigenvalue weighted by molar-refractivity contribution is -0.136. The van der Waals surface area contributed by atoms with Gasteiger partial charge in [0.1, 0.15) is 12.7 Å². The molecule has 2 rings (SSSR count). The minimum absolute atomic E-state index is 0.142. The van der Waals surface area contributed by atoms with Gasteiger partial charge in [0, 0.05) is 13.7 Å². The molecule has 1 saturated heterocycles. The average molecular weight is 336 g/mol. The number of carbonyl (C=O) groups is 2. The highest BCUT2D eigenvalue weighted by Gasteiger charge is 2.27. The second kappa shape index (κ2) is 9.89. The van der Waals surface area contributed by atoms with Gasteiger partial charge in [-0.15, -0.1) is 0 Å². The molecule has 1 heterocycles. The van der Waals surface area contributed by atoms with Crippen LogP contribution in [0.5, 0.6) is 0 Å². The van der Waals surface area contributed by atoms with E-state index >= 15 is 0 Å². The number of methoxy groups -OCH3 is 1. The van der Waals surface area contributed by atoms with E-state index in [0.717, 1.165) is 5.56 Å². The topological polar surface area (TPSA) is 85.9 Å². The highest BCUT2D eigenvalue weighted by Crippen LogP contribution is 2.14. The number of rotatable bonds is 7. The Kier molecular flexibility index (Phi) is 7.51. The Hall–Kier alpha value is -2.12. The first-order valence-electron chi connectivity index (χ1n) is 8.04. The maximum atomic E-state index is 11.9. The molecule has 1 aliphatic rings. The molecule has 1 aliphatic heterocycles. The Morgan fingerprint density at radius 1 is 1.25 bits per heavy atom. The van der Waals surface area contributed by atoms with E-state index in [9.17, 15) is 9.59 Å². The lowest BCUT2D eigenvalue weighted by atomic mass is 10.0. The lowest BCUT2D eigenvalue weighted by Crippen LogP contribution is -2.47. The molecule has 0 radical (unpaired) electrons. The number of amides is 2. The Morgan fingerprint density at radius 3 is 2.71 bits per heavy atom. The molecule has 1 aromatic rings. The molecule has 0 spiro atoms. The van der Waals surface area contributed by atoms with Gasteiger partial charge < -0.3 is 24.8 Å². The van der Waals surface area contributed by atoms with Gasteiger partial charge in [0.25, 0.3) is 0 Å². The SMILES string of the molecule is COCCNC(=O)C1CC[C@@H](NC(=O)OCc2ccccc2)CO1. The van der Waals surface area contributed by atoms with Gasteiger partial charge in [0.05, 0.1) is 19.3 Å². The summed E-state index contributed by atoms with van der Waals surface area (Å²) in [4.78, 5) is 23.6. The zero-order valence-electron chi connectivity index (χ0n) is 13.8. The molecule has 0 bridgehead atoms. The molecule has 0 saturated carbocycles. The predicted octanol–water partition coefficient (Wildman–Crippen LogP) is 1.22. The molecule has 1 unspecified atom stereocenters. The van der Waals surface area contributed by atoms with Crippen LogP contribution >= 0.6 is 0 Å². The molecule has 1 aromatic carbocycles. The highest BCUT2D eigenvalue weighted by atomic mass is 16.5. The van der Waals surface area contributed by atoms with E-state index in [-0.39, 0.29) is 18.6 Å². The van der Waals surface area contributed by atoms with Crippen LogP contribution in [0.1, 0.15) is 18.4 Å². The molecule has 1 fully saturated rings. The summed E-state index contributed by atoms with van der Waals surface area (Å²) in [5.41, 5.74) is 0.931. The first-order chi connectivity index (χ1) is 11.7. The van der Waals surface area contributed by atoms with Crippen LogP contribution in [-0.4, -0.2) is 51.0 Å². The smallest absolute Gasteiger partial charge is 0.407 e. The zero-order valence-corrected chi connectivity index (χ0v) is 13.8. The zero-order chi connectivity index (χ0) is 17.2. The lowest BCUT2D eigenvalue weighted by Gasteiger charge is -2.28. The molecule has 2 amide bonds. The molecule has 2 atom stereocenters. The van der Waals surface area contributed by atoms with Crippen LogP contribution < -0.4 is 10.6 Å². The maximum absolute atomic E-state index is 11.9. The number of hydrogen-bond acceptors (Lipinski definition) is 5. The van der Waals surface area contributed by atoms with E-state index < -0.39 is 12.2 Å². The summed E-state index contributed by atoms with van der Waals surface area (Å²) >= 11 is 0. The van der Waals surface area contributed by atoms with Crippen molar-refractivity contribution >= 4 is 12.0 Å². The van der Waals surface area contributed by atoms with Crippen molar-refractivity contribution in [2.24, 2.45) is 0 Å². The van der Waals surface area contributed by atoms with Gasteiger partial charge in [0.15, 0.2) is 0 Å². The average Bonchev–Trinajstić information content (AvgIpc) is 2.61. The van der Waals surface area contributed by atoms with Crippen molar-refractivity contribution in [3.05, 3.63) is 35.9 Å². The minimum Gasteiger partial charge on any atom is -0.445 e. The van der Waals surface area contributed by atoms with Crippen LogP contribution in [0.2, 0.25) is 0 Å². The summed E-state index contributed by atoms with van der Waals surface area (Å²) in [5.74, 6) is -0.142. The van der Waals surface area contributed by atoms with E-state index in [2.05, 4.69) is 10.6 Å². The first-order valence-corrected chi connectivity index (χ1v) is 8.04. The molecule has 7 nitrogen and oxygen atoms in total. The fourth-order valence-corrected chi connectivity index (χ4v) is 2.39. The van der Waals surface area contributed by atoms with Crippen molar-refractivity contribution in [3.63, 3.8) is 0 Å². The number of carbonyl (C=O) groups excluding carboxylic acids is 2. The Bertz CT molecular complexity index is 515. The number of benzene rings is 1. The van der Waals surface area contributed by atoms with E-state index in [1.165, 1.54) is 0 Å². The maximum Gasteiger partial charge on any atom is 0.407 e. The second-order valence-electron chi connectivity index (χ2n) is 5.59. The van der Waals surface area contributed by atoms with Gasteiger partial charge in [-0.2, -0.15) is 0 Å². The van der Waals surface area contributed by atoms with Gasteiger partial charge in [-0.25, -0.2) is 4.79 Å². The molecule has 0 aliphatic carbocycles. The Morgan fingerprint density at radius 2 is 2.04 bits per heavy atom. The van der Waals surface area contributed by atoms with Crippen molar-refractivity contribution in [2.75, 3.05) is 26.9 Å². The molecule has 0 aromatic heterocycles. The van der Waals surface area contributed by atoms with Gasteiger partial charge >= 0.3 is 6.09 Å². The van der Waals surface area contributed by atoms with Crippen molar-refractivity contribution in [1.29, 1.82) is 0 Å². The summed E-state index contributed by atoms with van der Waals surface area (Å²) in [5, 5.41) is 5.51. The Labute approximate surface area is 141 Å². The molecule has 7 heteroatoms. The standard InChI is InChI=1S/C17H24N2O5/c1-22-10-9-18-16(20)15-8-7-14(12-23-15)19-17(21)24-11-13-5-3-2-4-6-13/h2-6,14-15H,7-12H2,1H3,(H,18,20)(H,19,21)/t14-,15?/m1/s1. The third kappa shape index (κ3) is 6.17. The second-order valence-corrected chi connectivity index (χ2v) is 5.59. The normalized spacial score (nSPS) is 20.2. The van der Waals surface area contributed by atoms with Gasteiger partial charge in [0.2, 0.25) is 5.91 Å². The fraction of sp³-hybridized carbons (Fsp3) is 0.529. The van der Waals surface area contributed by atoms with E-state index in [1.54, 1.807) is 7.11 Å². The first kappa shape index (κ1) is 18.2. The van der Waals surface area contributed by atoms with E-state index in [0.29, 0.717) is 32.6 Å². The monoisotopic (exact) mass is 336 g/mol. The quantitative estimate of drug-likeness (QED) is 0.731. The van der Waals surface area contributed by atoms with Gasteiger partial charge in [-0.1, -0.05) is 30.3 Å². The largest absolute Gasteiger partial charge is 0.445 e. The number of alkyl carbamates (subject to hydrolysis) is 1. The van der Waals surface area contributed by atoms with Crippen LogP contribution in [0.15, 0.2) is 30.3 Å². The highest BCUT2D eigenvalue weighted by molar-refractivity contribution is 5.80. The number of ether oxygens (including phenoxy) is 3. The van der Waals surface area contributed by atoms with Crippen LogP contribution in [0.25, 0.3) is 0 Å². The van der Waals surface area contributed by atoms with Gasteiger partial charge in [-0.3, -0.25) is 4.79 Å². The van der Waals surface area contributed by atoms with E-state index in [4.69, 9.17) is 14.2 Å². The number of hydrogen-bond donors (Lipinski definition) is 2. The summed E-state index contributed by atoms with van der Waals surface area (Å²) in [6, 6.07) is 9.34. The molecular formula is C17H24N2O5. The van der Waals surface area contributed by atoms with Crippen molar-refractivity contribution in [2.45, 2.75) is 31.6 Å². The van der Waals surface area contributed by atoms with Crippen LogP contribution in [0.4, 0.5) is 4.79 Å².